The minimum atomic E-state index is 0.876. The molecule has 18 heavy (non-hydrogen) atoms. The first kappa shape index (κ1) is 13.1. The van der Waals surface area contributed by atoms with E-state index in [9.17, 15) is 0 Å². The van der Waals surface area contributed by atoms with Crippen molar-refractivity contribution < 1.29 is 5.32 Å². The van der Waals surface area contributed by atoms with E-state index in [0.717, 1.165) is 24.0 Å². The zero-order chi connectivity index (χ0) is 12.5. The van der Waals surface area contributed by atoms with Crippen LogP contribution in [0.15, 0.2) is 53.9 Å². The Morgan fingerprint density at radius 3 is 2.56 bits per heavy atom. The zero-order valence-electron chi connectivity index (χ0n) is 10.3. The molecule has 4 heteroatoms. The second-order valence-corrected chi connectivity index (χ2v) is 5.06. The summed E-state index contributed by atoms with van der Waals surface area (Å²) in [4.78, 5) is 8.37. The molecular formula is C14H18N3S+. The van der Waals surface area contributed by atoms with Gasteiger partial charge in [0.05, 0.1) is 6.54 Å². The van der Waals surface area contributed by atoms with Crippen molar-refractivity contribution in [2.24, 2.45) is 0 Å². The van der Waals surface area contributed by atoms with Gasteiger partial charge in [-0.05, 0) is 6.07 Å². The van der Waals surface area contributed by atoms with Crippen LogP contribution in [0.1, 0.15) is 12.0 Å². The van der Waals surface area contributed by atoms with E-state index in [1.807, 2.05) is 6.07 Å². The molecule has 0 amide bonds. The highest BCUT2D eigenvalue weighted by Crippen LogP contribution is 2.10. The van der Waals surface area contributed by atoms with E-state index in [4.69, 9.17) is 0 Å². The molecule has 3 nitrogen and oxygen atoms in total. The van der Waals surface area contributed by atoms with Gasteiger partial charge in [0.15, 0.2) is 5.16 Å². The van der Waals surface area contributed by atoms with Crippen LogP contribution in [0.3, 0.4) is 0 Å². The van der Waals surface area contributed by atoms with Gasteiger partial charge in [0.2, 0.25) is 0 Å². The first-order valence-electron chi connectivity index (χ1n) is 6.20. The van der Waals surface area contributed by atoms with Crippen LogP contribution in [0.2, 0.25) is 0 Å². The van der Waals surface area contributed by atoms with Crippen molar-refractivity contribution >= 4 is 11.8 Å². The Morgan fingerprint density at radius 1 is 1.00 bits per heavy atom. The van der Waals surface area contributed by atoms with Crippen LogP contribution in [0.4, 0.5) is 0 Å². The molecule has 0 saturated heterocycles. The molecule has 94 valence electrons. The summed E-state index contributed by atoms with van der Waals surface area (Å²) in [6, 6.07) is 12.4. The molecule has 0 radical (unpaired) electrons. The fourth-order valence-electron chi connectivity index (χ4n) is 1.63. The number of nitrogens with two attached hydrogens (primary N) is 1. The highest BCUT2D eigenvalue weighted by atomic mass is 32.2. The van der Waals surface area contributed by atoms with Gasteiger partial charge in [-0.1, -0.05) is 42.1 Å². The van der Waals surface area contributed by atoms with Gasteiger partial charge in [0.1, 0.15) is 6.54 Å². The fourth-order valence-corrected chi connectivity index (χ4v) is 2.40. The molecule has 1 aromatic carbocycles. The van der Waals surface area contributed by atoms with Crippen LogP contribution in [-0.2, 0) is 6.54 Å². The average Bonchev–Trinajstić information content (AvgIpc) is 2.45. The second-order valence-electron chi connectivity index (χ2n) is 4.00. The molecule has 0 fully saturated rings. The summed E-state index contributed by atoms with van der Waals surface area (Å²) >= 11 is 1.72. The lowest BCUT2D eigenvalue weighted by Crippen LogP contribution is -2.82. The molecule has 1 heterocycles. The molecule has 1 aromatic heterocycles. The molecular weight excluding hydrogens is 242 g/mol. The van der Waals surface area contributed by atoms with Crippen molar-refractivity contribution in [3.05, 3.63) is 54.4 Å². The van der Waals surface area contributed by atoms with Crippen LogP contribution < -0.4 is 5.32 Å². The SMILES string of the molecule is c1ccc(C[NH2+]CCCSc2ncccn2)cc1. The molecule has 0 aliphatic carbocycles. The molecule has 0 unspecified atom stereocenters. The third kappa shape index (κ3) is 4.85. The van der Waals surface area contributed by atoms with E-state index in [1.165, 1.54) is 12.0 Å². The Kier molecular flexibility index (Phi) is 5.69. The minimum absolute atomic E-state index is 0.876. The molecule has 2 N–H and O–H groups in total. The molecule has 0 aliphatic heterocycles. The maximum Gasteiger partial charge on any atom is 0.187 e. The largest absolute Gasteiger partial charge is 0.342 e. The lowest BCUT2D eigenvalue weighted by molar-refractivity contribution is -0.670. The minimum Gasteiger partial charge on any atom is -0.342 e. The average molecular weight is 260 g/mol. The number of hydrogen-bond acceptors (Lipinski definition) is 3. The van der Waals surface area contributed by atoms with Gasteiger partial charge in [-0.25, -0.2) is 9.97 Å². The van der Waals surface area contributed by atoms with E-state index >= 15 is 0 Å². The number of quaternary nitrogens is 1. The fraction of sp³-hybridized carbons (Fsp3) is 0.286. The van der Waals surface area contributed by atoms with E-state index in [2.05, 4.69) is 45.6 Å². The number of rotatable bonds is 7. The van der Waals surface area contributed by atoms with Gasteiger partial charge in [-0.15, -0.1) is 0 Å². The predicted octanol–water partition coefficient (Wildman–Crippen LogP) is 1.72. The molecule has 0 spiro atoms. The lowest BCUT2D eigenvalue weighted by atomic mass is 10.2. The maximum atomic E-state index is 4.19. The van der Waals surface area contributed by atoms with Gasteiger partial charge >= 0.3 is 0 Å². The van der Waals surface area contributed by atoms with Crippen molar-refractivity contribution in [2.75, 3.05) is 12.3 Å². The van der Waals surface area contributed by atoms with E-state index in [0.29, 0.717) is 0 Å². The number of benzene rings is 1. The van der Waals surface area contributed by atoms with E-state index < -0.39 is 0 Å². The number of hydrogen-bond donors (Lipinski definition) is 1. The summed E-state index contributed by atoms with van der Waals surface area (Å²) < 4.78 is 0. The Morgan fingerprint density at radius 2 is 1.78 bits per heavy atom. The van der Waals surface area contributed by atoms with Crippen molar-refractivity contribution in [1.29, 1.82) is 0 Å². The Hall–Kier alpha value is -1.39. The third-order valence-electron chi connectivity index (χ3n) is 2.55. The summed E-state index contributed by atoms with van der Waals surface area (Å²) in [5.41, 5.74) is 1.39. The van der Waals surface area contributed by atoms with Gasteiger partial charge in [-0.2, -0.15) is 0 Å². The summed E-state index contributed by atoms with van der Waals surface area (Å²) in [5.74, 6) is 1.08. The molecule has 0 bridgehead atoms. The van der Waals surface area contributed by atoms with Crippen molar-refractivity contribution in [2.45, 2.75) is 18.1 Å². The monoisotopic (exact) mass is 260 g/mol. The van der Waals surface area contributed by atoms with Crippen molar-refractivity contribution in [1.82, 2.24) is 9.97 Å². The van der Waals surface area contributed by atoms with Crippen LogP contribution in [-0.4, -0.2) is 22.3 Å². The number of nitrogens with zero attached hydrogens (tertiary/aromatic N) is 2. The molecule has 2 rings (SSSR count). The summed E-state index contributed by atoms with van der Waals surface area (Å²) in [6.45, 7) is 2.21. The topological polar surface area (TPSA) is 42.4 Å². The van der Waals surface area contributed by atoms with Crippen LogP contribution >= 0.6 is 11.8 Å². The van der Waals surface area contributed by atoms with Gasteiger partial charge < -0.3 is 5.32 Å². The van der Waals surface area contributed by atoms with Gasteiger partial charge in [0, 0.05) is 30.1 Å². The molecule has 0 saturated carbocycles. The Labute approximate surface area is 112 Å². The first-order chi connectivity index (χ1) is 8.95. The quantitative estimate of drug-likeness (QED) is 0.468. The first-order valence-corrected chi connectivity index (χ1v) is 7.19. The van der Waals surface area contributed by atoms with Crippen LogP contribution in [0, 0.1) is 0 Å². The van der Waals surface area contributed by atoms with Gasteiger partial charge in [0.25, 0.3) is 0 Å². The van der Waals surface area contributed by atoms with Crippen molar-refractivity contribution in [3.63, 3.8) is 0 Å². The van der Waals surface area contributed by atoms with E-state index in [1.54, 1.807) is 24.2 Å². The highest BCUT2D eigenvalue weighted by Gasteiger charge is 1.97. The van der Waals surface area contributed by atoms with E-state index in [-0.39, 0.29) is 0 Å². The molecule has 2 aromatic rings. The lowest BCUT2D eigenvalue weighted by Gasteiger charge is -2.01. The number of thioether (sulfide) groups is 1. The van der Waals surface area contributed by atoms with Gasteiger partial charge in [-0.3, -0.25) is 0 Å². The Bertz CT molecular complexity index is 390. The summed E-state index contributed by atoms with van der Waals surface area (Å²) in [7, 11) is 0. The maximum absolute atomic E-state index is 4.19. The zero-order valence-corrected chi connectivity index (χ0v) is 11.1. The highest BCUT2D eigenvalue weighted by molar-refractivity contribution is 7.99. The standard InChI is InChI=1S/C14H17N3S/c1-2-6-13(7-3-1)12-15-8-5-11-18-14-16-9-4-10-17-14/h1-4,6-7,9-10,15H,5,8,11-12H2/p+1. The second kappa shape index (κ2) is 7.84. The molecule has 0 aliphatic rings. The van der Waals surface area contributed by atoms with Crippen LogP contribution in [0.5, 0.6) is 0 Å². The summed E-state index contributed by atoms with van der Waals surface area (Å²) in [6.07, 6.45) is 4.75. The number of aromatic nitrogens is 2. The summed E-state index contributed by atoms with van der Waals surface area (Å²) in [5, 5.41) is 3.22. The molecule has 0 atom stereocenters. The Balaban J connectivity index is 1.54. The predicted molar refractivity (Wildman–Crippen MR) is 74.3 cm³/mol. The normalized spacial score (nSPS) is 10.4. The van der Waals surface area contributed by atoms with Crippen LogP contribution in [0.25, 0.3) is 0 Å². The smallest absolute Gasteiger partial charge is 0.187 e. The third-order valence-corrected chi connectivity index (χ3v) is 3.51. The van der Waals surface area contributed by atoms with Crippen molar-refractivity contribution in [3.8, 4) is 0 Å².